The van der Waals surface area contributed by atoms with Crippen molar-refractivity contribution in [2.24, 2.45) is 5.10 Å². The van der Waals surface area contributed by atoms with Gasteiger partial charge in [-0.1, -0.05) is 57.0 Å². The zero-order valence-corrected chi connectivity index (χ0v) is 22.9. The SMILES string of the molecule is CCCCC(=O)NC1=NN(C(=O)CCCC)C(CNS(=O)(=O)CCCN(C)C)(c2ccccc2)S1. The van der Waals surface area contributed by atoms with Crippen molar-refractivity contribution in [2.75, 3.05) is 32.9 Å². The van der Waals surface area contributed by atoms with E-state index in [9.17, 15) is 18.0 Å². The summed E-state index contributed by atoms with van der Waals surface area (Å²) in [4.78, 5) is 26.5. The number of carbonyl (C=O) groups is 2. The Kier molecular flexibility index (Phi) is 11.7. The molecule has 196 valence electrons. The van der Waals surface area contributed by atoms with Crippen LogP contribution in [-0.4, -0.2) is 68.2 Å². The van der Waals surface area contributed by atoms with Gasteiger partial charge >= 0.3 is 0 Å². The molecule has 0 saturated heterocycles. The van der Waals surface area contributed by atoms with Crippen LogP contribution in [0, 0.1) is 0 Å². The molecule has 2 amide bonds. The number of thioether (sulfide) groups is 1. The van der Waals surface area contributed by atoms with Crippen LogP contribution in [0.5, 0.6) is 0 Å². The first-order chi connectivity index (χ1) is 16.6. The van der Waals surface area contributed by atoms with Gasteiger partial charge in [-0.05, 0) is 57.2 Å². The summed E-state index contributed by atoms with van der Waals surface area (Å²) in [5, 5.41) is 8.97. The molecule has 0 aromatic heterocycles. The molecule has 1 atom stereocenters. The molecular formula is C24H39N5O4S2. The van der Waals surface area contributed by atoms with Gasteiger partial charge < -0.3 is 10.2 Å². The maximum absolute atomic E-state index is 13.3. The molecule has 0 aliphatic carbocycles. The third-order valence-corrected chi connectivity index (χ3v) is 8.24. The summed E-state index contributed by atoms with van der Waals surface area (Å²) in [5.74, 6) is -0.411. The Morgan fingerprint density at radius 1 is 1.06 bits per heavy atom. The maximum atomic E-state index is 13.3. The van der Waals surface area contributed by atoms with E-state index in [0.29, 0.717) is 31.0 Å². The predicted octanol–water partition coefficient (Wildman–Crippen LogP) is 3.05. The number of rotatable bonds is 14. The second kappa shape index (κ2) is 14.0. The van der Waals surface area contributed by atoms with E-state index in [2.05, 4.69) is 15.1 Å². The lowest BCUT2D eigenvalue weighted by Gasteiger charge is -2.35. The van der Waals surface area contributed by atoms with Gasteiger partial charge in [0.1, 0.15) is 0 Å². The zero-order chi connectivity index (χ0) is 25.9. The smallest absolute Gasteiger partial charge is 0.244 e. The second-order valence-corrected chi connectivity index (χ2v) is 12.1. The van der Waals surface area contributed by atoms with Crippen LogP contribution in [0.3, 0.4) is 0 Å². The van der Waals surface area contributed by atoms with Gasteiger partial charge in [0.05, 0.1) is 12.3 Å². The number of hydrogen-bond donors (Lipinski definition) is 2. The molecule has 1 aromatic carbocycles. The highest BCUT2D eigenvalue weighted by molar-refractivity contribution is 8.14. The van der Waals surface area contributed by atoms with Crippen LogP contribution in [0.15, 0.2) is 35.4 Å². The van der Waals surface area contributed by atoms with Crippen molar-refractivity contribution in [3.8, 4) is 0 Å². The molecule has 35 heavy (non-hydrogen) atoms. The van der Waals surface area contributed by atoms with Gasteiger partial charge in [-0.3, -0.25) is 9.59 Å². The monoisotopic (exact) mass is 525 g/mol. The maximum Gasteiger partial charge on any atom is 0.244 e. The summed E-state index contributed by atoms with van der Waals surface area (Å²) in [6, 6.07) is 9.25. The molecule has 1 aliphatic heterocycles. The topological polar surface area (TPSA) is 111 Å². The van der Waals surface area contributed by atoms with E-state index in [0.717, 1.165) is 24.8 Å². The fraction of sp³-hybridized carbons (Fsp3) is 0.625. The quantitative estimate of drug-likeness (QED) is 0.386. The van der Waals surface area contributed by atoms with Crippen molar-refractivity contribution in [1.29, 1.82) is 0 Å². The molecule has 0 fully saturated rings. The average molecular weight is 526 g/mol. The summed E-state index contributed by atoms with van der Waals surface area (Å²) in [7, 11) is 0.196. The van der Waals surface area contributed by atoms with Crippen molar-refractivity contribution in [3.05, 3.63) is 35.9 Å². The summed E-state index contributed by atoms with van der Waals surface area (Å²) in [5.41, 5.74) is 0.729. The number of unbranched alkanes of at least 4 members (excludes halogenated alkanes) is 2. The number of sulfonamides is 1. The molecule has 2 N–H and O–H groups in total. The van der Waals surface area contributed by atoms with Crippen molar-refractivity contribution >= 4 is 38.8 Å². The molecule has 11 heteroatoms. The number of hydrogen-bond acceptors (Lipinski definition) is 7. The van der Waals surface area contributed by atoms with Gasteiger partial charge in [-0.2, -0.15) is 0 Å². The zero-order valence-electron chi connectivity index (χ0n) is 21.2. The summed E-state index contributed by atoms with van der Waals surface area (Å²) in [6.07, 6.45) is 4.29. The largest absolute Gasteiger partial charge is 0.309 e. The van der Waals surface area contributed by atoms with Crippen molar-refractivity contribution in [3.63, 3.8) is 0 Å². The van der Waals surface area contributed by atoms with Crippen molar-refractivity contribution in [2.45, 2.75) is 63.7 Å². The molecule has 1 aliphatic rings. The van der Waals surface area contributed by atoms with E-state index in [1.54, 1.807) is 0 Å². The van der Waals surface area contributed by atoms with Gasteiger partial charge in [-0.15, -0.1) is 5.10 Å². The highest BCUT2D eigenvalue weighted by Crippen LogP contribution is 2.45. The highest BCUT2D eigenvalue weighted by Gasteiger charge is 2.49. The van der Waals surface area contributed by atoms with E-state index >= 15 is 0 Å². The van der Waals surface area contributed by atoms with Crippen LogP contribution < -0.4 is 10.0 Å². The molecule has 1 heterocycles. The molecule has 0 radical (unpaired) electrons. The Morgan fingerprint density at radius 2 is 1.71 bits per heavy atom. The Hall–Kier alpha value is -1.95. The highest BCUT2D eigenvalue weighted by atomic mass is 32.2. The van der Waals surface area contributed by atoms with E-state index < -0.39 is 14.9 Å². The van der Waals surface area contributed by atoms with Crippen LogP contribution in [0.1, 0.15) is 64.4 Å². The summed E-state index contributed by atoms with van der Waals surface area (Å²) < 4.78 is 28.4. The van der Waals surface area contributed by atoms with Gasteiger partial charge in [0.15, 0.2) is 10.0 Å². The molecule has 1 unspecified atom stereocenters. The van der Waals surface area contributed by atoms with Crippen LogP contribution in [0.4, 0.5) is 0 Å². The van der Waals surface area contributed by atoms with E-state index in [4.69, 9.17) is 0 Å². The number of nitrogens with one attached hydrogen (secondary N) is 2. The Labute approximate surface area is 214 Å². The van der Waals surface area contributed by atoms with Gasteiger partial charge in [0.25, 0.3) is 0 Å². The minimum Gasteiger partial charge on any atom is -0.309 e. The minimum absolute atomic E-state index is 0.0219. The lowest BCUT2D eigenvalue weighted by molar-refractivity contribution is -0.134. The van der Waals surface area contributed by atoms with Gasteiger partial charge in [-0.25, -0.2) is 18.1 Å². The first-order valence-corrected chi connectivity index (χ1v) is 14.7. The number of benzene rings is 1. The third-order valence-electron chi connectivity index (χ3n) is 5.56. The molecule has 2 rings (SSSR count). The molecule has 9 nitrogen and oxygen atoms in total. The van der Waals surface area contributed by atoms with Crippen LogP contribution >= 0.6 is 11.8 Å². The fourth-order valence-corrected chi connectivity index (χ4v) is 6.01. The Morgan fingerprint density at radius 3 is 2.34 bits per heavy atom. The number of carbonyl (C=O) groups excluding carboxylic acids is 2. The lowest BCUT2D eigenvalue weighted by atomic mass is 10.1. The number of amidine groups is 1. The van der Waals surface area contributed by atoms with Crippen molar-refractivity contribution < 1.29 is 18.0 Å². The number of hydrazone groups is 1. The first kappa shape index (κ1) is 29.3. The molecular weight excluding hydrogens is 486 g/mol. The molecule has 0 bridgehead atoms. The average Bonchev–Trinajstić information content (AvgIpc) is 3.19. The van der Waals surface area contributed by atoms with E-state index in [1.807, 2.05) is 63.2 Å². The first-order valence-electron chi connectivity index (χ1n) is 12.2. The van der Waals surface area contributed by atoms with E-state index in [1.165, 1.54) is 16.8 Å². The normalized spacial score (nSPS) is 18.1. The van der Waals surface area contributed by atoms with Crippen LogP contribution in [-0.2, 0) is 24.5 Å². The standard InChI is InChI=1S/C24H39N5O4S2/c1-5-7-15-21(30)26-23-27-29(22(31)16-8-6-2)24(34-23,20-13-10-9-11-14-20)19-25-35(32,33)18-12-17-28(3)4/h9-11,13-14,25H,5-8,12,15-19H2,1-4H3,(H,26,27,30). The van der Waals surface area contributed by atoms with Gasteiger partial charge in [0.2, 0.25) is 21.8 Å². The lowest BCUT2D eigenvalue weighted by Crippen LogP contribution is -2.49. The third kappa shape index (κ3) is 8.89. The minimum atomic E-state index is -3.60. The Bertz CT molecular complexity index is 969. The number of nitrogens with zero attached hydrogens (tertiary/aromatic N) is 3. The summed E-state index contributed by atoms with van der Waals surface area (Å²) >= 11 is 1.20. The van der Waals surface area contributed by atoms with Crippen molar-refractivity contribution in [1.82, 2.24) is 19.9 Å². The number of amides is 2. The van der Waals surface area contributed by atoms with Gasteiger partial charge in [0, 0.05) is 12.8 Å². The van der Waals surface area contributed by atoms with E-state index in [-0.39, 0.29) is 30.5 Å². The molecule has 1 aromatic rings. The summed E-state index contributed by atoms with van der Waals surface area (Å²) in [6.45, 7) is 4.59. The Balaban J connectivity index is 2.36. The van der Waals surface area contributed by atoms with Crippen LogP contribution in [0.25, 0.3) is 0 Å². The predicted molar refractivity (Wildman–Crippen MR) is 142 cm³/mol. The molecule has 0 saturated carbocycles. The molecule has 0 spiro atoms. The second-order valence-electron chi connectivity index (χ2n) is 8.92. The fourth-order valence-electron chi connectivity index (χ4n) is 3.60. The van der Waals surface area contributed by atoms with Crippen LogP contribution in [0.2, 0.25) is 0 Å².